The first kappa shape index (κ1) is 14.3. The molecule has 0 atom stereocenters. The Labute approximate surface area is 122 Å². The summed E-state index contributed by atoms with van der Waals surface area (Å²) in [5.74, 6) is -0.227. The number of aliphatic hydroxyl groups excluding tert-OH is 1. The van der Waals surface area contributed by atoms with Crippen molar-refractivity contribution in [1.82, 2.24) is 0 Å². The average Bonchev–Trinajstić information content (AvgIpc) is 2.47. The first-order valence-electron chi connectivity index (χ1n) is 6.12. The number of aliphatic hydroxyl groups is 1. The Bertz CT molecular complexity index is 621. The van der Waals surface area contributed by atoms with Gasteiger partial charge in [-0.2, -0.15) is 0 Å². The summed E-state index contributed by atoms with van der Waals surface area (Å²) in [6.45, 7) is -0.0513. The fourth-order valence-electron chi connectivity index (χ4n) is 1.68. The van der Waals surface area contributed by atoms with Gasteiger partial charge in [-0.15, -0.1) is 0 Å². The van der Waals surface area contributed by atoms with Crippen LogP contribution in [0.5, 0.6) is 0 Å². The average molecular weight is 288 g/mol. The molecule has 0 radical (unpaired) electrons. The standard InChI is InChI=1S/C16H14ClNO2/c17-14-7-4-12(5-8-14)6-9-16(20)18-15-3-1-2-13(10-15)11-19/h1-10,19H,11H2,(H,18,20)/b9-6+. The normalized spacial score (nSPS) is 10.7. The Morgan fingerprint density at radius 2 is 1.95 bits per heavy atom. The number of carbonyl (C=O) groups is 1. The van der Waals surface area contributed by atoms with Crippen molar-refractivity contribution >= 4 is 29.3 Å². The van der Waals surface area contributed by atoms with Crippen LogP contribution in [0.4, 0.5) is 5.69 Å². The van der Waals surface area contributed by atoms with Crippen molar-refractivity contribution < 1.29 is 9.90 Å². The topological polar surface area (TPSA) is 49.3 Å². The van der Waals surface area contributed by atoms with E-state index in [1.807, 2.05) is 12.1 Å². The molecule has 2 aromatic rings. The summed E-state index contributed by atoms with van der Waals surface area (Å²) < 4.78 is 0. The lowest BCUT2D eigenvalue weighted by atomic mass is 10.2. The predicted octanol–water partition coefficient (Wildman–Crippen LogP) is 3.48. The van der Waals surface area contributed by atoms with Crippen molar-refractivity contribution in [3.8, 4) is 0 Å². The van der Waals surface area contributed by atoms with E-state index in [4.69, 9.17) is 16.7 Å². The lowest BCUT2D eigenvalue weighted by Crippen LogP contribution is -2.07. The predicted molar refractivity (Wildman–Crippen MR) is 81.5 cm³/mol. The number of halogens is 1. The molecule has 0 aliphatic heterocycles. The summed E-state index contributed by atoms with van der Waals surface area (Å²) in [7, 11) is 0. The highest BCUT2D eigenvalue weighted by atomic mass is 35.5. The molecule has 4 heteroatoms. The lowest BCUT2D eigenvalue weighted by molar-refractivity contribution is -0.111. The van der Waals surface area contributed by atoms with Crippen LogP contribution in [-0.2, 0) is 11.4 Å². The molecule has 0 saturated heterocycles. The molecule has 2 N–H and O–H groups in total. The summed E-state index contributed by atoms with van der Waals surface area (Å²) >= 11 is 5.79. The van der Waals surface area contributed by atoms with Crippen molar-refractivity contribution in [2.24, 2.45) is 0 Å². The second-order valence-electron chi connectivity index (χ2n) is 4.23. The van der Waals surface area contributed by atoms with Gasteiger partial charge in [0.2, 0.25) is 5.91 Å². The number of hydrogen-bond donors (Lipinski definition) is 2. The van der Waals surface area contributed by atoms with Gasteiger partial charge in [0.25, 0.3) is 0 Å². The molecular weight excluding hydrogens is 274 g/mol. The molecule has 3 nitrogen and oxygen atoms in total. The molecule has 0 aromatic heterocycles. The molecule has 0 heterocycles. The molecule has 0 aliphatic rings. The van der Waals surface area contributed by atoms with Gasteiger partial charge in [0.15, 0.2) is 0 Å². The number of anilines is 1. The lowest BCUT2D eigenvalue weighted by Gasteiger charge is -2.03. The van der Waals surface area contributed by atoms with Gasteiger partial charge in [-0.3, -0.25) is 4.79 Å². The van der Waals surface area contributed by atoms with E-state index in [-0.39, 0.29) is 12.5 Å². The second-order valence-corrected chi connectivity index (χ2v) is 4.67. The minimum Gasteiger partial charge on any atom is -0.392 e. The fourth-order valence-corrected chi connectivity index (χ4v) is 1.80. The monoisotopic (exact) mass is 287 g/mol. The number of carbonyl (C=O) groups excluding carboxylic acids is 1. The van der Waals surface area contributed by atoms with Crippen LogP contribution in [0, 0.1) is 0 Å². The highest BCUT2D eigenvalue weighted by Gasteiger charge is 1.99. The smallest absolute Gasteiger partial charge is 0.248 e. The number of amides is 1. The highest BCUT2D eigenvalue weighted by Crippen LogP contribution is 2.12. The van der Waals surface area contributed by atoms with Crippen molar-refractivity contribution in [2.75, 3.05) is 5.32 Å². The van der Waals surface area contributed by atoms with Gasteiger partial charge in [-0.25, -0.2) is 0 Å². The van der Waals surface area contributed by atoms with Crippen molar-refractivity contribution in [3.05, 3.63) is 70.8 Å². The van der Waals surface area contributed by atoms with Crippen molar-refractivity contribution in [3.63, 3.8) is 0 Å². The Morgan fingerprint density at radius 1 is 1.20 bits per heavy atom. The molecule has 0 unspecified atom stereocenters. The summed E-state index contributed by atoms with van der Waals surface area (Å²) in [6, 6.07) is 14.3. The molecule has 0 spiro atoms. The number of benzene rings is 2. The van der Waals surface area contributed by atoms with E-state index in [2.05, 4.69) is 5.32 Å². The molecule has 2 aromatic carbocycles. The molecule has 20 heavy (non-hydrogen) atoms. The van der Waals surface area contributed by atoms with Crippen molar-refractivity contribution in [1.29, 1.82) is 0 Å². The van der Waals surface area contributed by atoms with Crippen LogP contribution in [0.3, 0.4) is 0 Å². The third-order valence-corrected chi connectivity index (χ3v) is 2.93. The number of rotatable bonds is 4. The molecule has 0 aliphatic carbocycles. The molecule has 2 rings (SSSR count). The first-order chi connectivity index (χ1) is 9.67. The summed E-state index contributed by atoms with van der Waals surface area (Å²) in [4.78, 5) is 11.8. The van der Waals surface area contributed by atoms with Gasteiger partial charge < -0.3 is 10.4 Å². The van der Waals surface area contributed by atoms with Crippen LogP contribution in [0.25, 0.3) is 6.08 Å². The third kappa shape index (κ3) is 4.23. The Morgan fingerprint density at radius 3 is 2.65 bits per heavy atom. The highest BCUT2D eigenvalue weighted by molar-refractivity contribution is 6.30. The second kappa shape index (κ2) is 6.89. The van der Waals surface area contributed by atoms with Crippen LogP contribution < -0.4 is 5.32 Å². The van der Waals surface area contributed by atoms with Crippen LogP contribution in [-0.4, -0.2) is 11.0 Å². The maximum atomic E-state index is 11.8. The van der Waals surface area contributed by atoms with E-state index in [1.54, 1.807) is 42.5 Å². The minimum atomic E-state index is -0.227. The molecule has 102 valence electrons. The zero-order chi connectivity index (χ0) is 14.4. The summed E-state index contributed by atoms with van der Waals surface area (Å²) in [5.41, 5.74) is 2.31. The number of hydrogen-bond acceptors (Lipinski definition) is 2. The SMILES string of the molecule is O=C(/C=C/c1ccc(Cl)cc1)Nc1cccc(CO)c1. The van der Waals surface area contributed by atoms with Crippen molar-refractivity contribution in [2.45, 2.75) is 6.61 Å². The van der Waals surface area contributed by atoms with Crippen LogP contribution >= 0.6 is 11.6 Å². The van der Waals surface area contributed by atoms with Crippen LogP contribution in [0.1, 0.15) is 11.1 Å². The Balaban J connectivity index is 1.99. The van der Waals surface area contributed by atoms with E-state index in [9.17, 15) is 4.79 Å². The van der Waals surface area contributed by atoms with Gasteiger partial charge in [-0.05, 0) is 41.5 Å². The summed E-state index contributed by atoms with van der Waals surface area (Å²) in [6.07, 6.45) is 3.16. The molecular formula is C16H14ClNO2. The third-order valence-electron chi connectivity index (χ3n) is 2.67. The van der Waals surface area contributed by atoms with Crippen LogP contribution in [0.15, 0.2) is 54.6 Å². The van der Waals surface area contributed by atoms with E-state index in [1.165, 1.54) is 6.08 Å². The Hall–Kier alpha value is -2.10. The van der Waals surface area contributed by atoms with Gasteiger partial charge in [0, 0.05) is 16.8 Å². The largest absolute Gasteiger partial charge is 0.392 e. The van der Waals surface area contributed by atoms with Gasteiger partial charge >= 0.3 is 0 Å². The van der Waals surface area contributed by atoms with Gasteiger partial charge in [0.1, 0.15) is 0 Å². The van der Waals surface area contributed by atoms with Gasteiger partial charge in [-0.1, -0.05) is 35.9 Å². The quantitative estimate of drug-likeness (QED) is 0.846. The zero-order valence-electron chi connectivity index (χ0n) is 10.7. The van der Waals surface area contributed by atoms with E-state index in [0.717, 1.165) is 11.1 Å². The minimum absolute atomic E-state index is 0.0513. The molecule has 0 bridgehead atoms. The van der Waals surface area contributed by atoms with Crippen LogP contribution in [0.2, 0.25) is 5.02 Å². The number of nitrogens with one attached hydrogen (secondary N) is 1. The van der Waals surface area contributed by atoms with Gasteiger partial charge in [0.05, 0.1) is 6.61 Å². The fraction of sp³-hybridized carbons (Fsp3) is 0.0625. The maximum absolute atomic E-state index is 11.8. The Kier molecular flexibility index (Phi) is 4.93. The molecule has 1 amide bonds. The van der Waals surface area contributed by atoms with E-state index < -0.39 is 0 Å². The molecule has 0 fully saturated rings. The summed E-state index contributed by atoms with van der Waals surface area (Å²) in [5, 5.41) is 12.4. The van der Waals surface area contributed by atoms with E-state index >= 15 is 0 Å². The maximum Gasteiger partial charge on any atom is 0.248 e. The first-order valence-corrected chi connectivity index (χ1v) is 6.49. The molecule has 0 saturated carbocycles. The zero-order valence-corrected chi connectivity index (χ0v) is 11.5. The van der Waals surface area contributed by atoms with E-state index in [0.29, 0.717) is 10.7 Å².